The van der Waals surface area contributed by atoms with Gasteiger partial charge in [0.2, 0.25) is 0 Å². The molecule has 1 aliphatic heterocycles. The molecule has 1 aromatic carbocycles. The third-order valence-electron chi connectivity index (χ3n) is 4.67. The molecule has 0 aliphatic carbocycles. The van der Waals surface area contributed by atoms with Crippen molar-refractivity contribution in [2.24, 2.45) is 5.73 Å². The molecule has 0 saturated carbocycles. The Balaban J connectivity index is 1.42. The molecule has 0 atom stereocenters. The summed E-state index contributed by atoms with van der Waals surface area (Å²) >= 11 is 1.32. The maximum atomic E-state index is 12.7. The van der Waals surface area contributed by atoms with Crippen molar-refractivity contribution in [2.75, 3.05) is 31.6 Å². The van der Waals surface area contributed by atoms with Crippen LogP contribution in [0.5, 0.6) is 0 Å². The Hall–Kier alpha value is -3.01. The molecule has 0 spiro atoms. The Morgan fingerprint density at radius 1 is 1.28 bits per heavy atom. The van der Waals surface area contributed by atoms with Gasteiger partial charge in [-0.05, 0) is 23.8 Å². The van der Waals surface area contributed by atoms with Crippen LogP contribution in [0.2, 0.25) is 0 Å². The first-order chi connectivity index (χ1) is 14.1. The number of hydrogen-bond donors (Lipinski definition) is 3. The molecule has 29 heavy (non-hydrogen) atoms. The summed E-state index contributed by atoms with van der Waals surface area (Å²) in [7, 11) is 0. The van der Waals surface area contributed by atoms with Crippen molar-refractivity contribution >= 4 is 28.3 Å². The van der Waals surface area contributed by atoms with E-state index in [1.807, 2.05) is 23.6 Å². The van der Waals surface area contributed by atoms with Gasteiger partial charge in [-0.1, -0.05) is 12.1 Å². The number of thiazole rings is 1. The van der Waals surface area contributed by atoms with Gasteiger partial charge in [0.15, 0.2) is 5.13 Å². The molecule has 150 valence electrons. The quantitative estimate of drug-likeness (QED) is 0.576. The zero-order valence-electron chi connectivity index (χ0n) is 15.7. The van der Waals surface area contributed by atoms with Crippen molar-refractivity contribution in [3.63, 3.8) is 0 Å². The first kappa shape index (κ1) is 19.3. The topological polar surface area (TPSA) is 113 Å². The molecule has 3 aromatic rings. The number of benzene rings is 1. The lowest BCUT2D eigenvalue weighted by Gasteiger charge is -2.26. The molecule has 0 bridgehead atoms. The number of nitrogens with zero attached hydrogens (tertiary/aromatic N) is 2. The largest absolute Gasteiger partial charge is 0.379 e. The summed E-state index contributed by atoms with van der Waals surface area (Å²) in [6.07, 6.45) is 1.66. The lowest BCUT2D eigenvalue weighted by molar-refractivity contribution is 0.0342. The van der Waals surface area contributed by atoms with Gasteiger partial charge in [-0.15, -0.1) is 11.3 Å². The average molecular weight is 411 g/mol. The molecule has 2 aromatic heterocycles. The Morgan fingerprint density at radius 2 is 2.10 bits per heavy atom. The van der Waals surface area contributed by atoms with Gasteiger partial charge in [0.25, 0.3) is 11.8 Å². The van der Waals surface area contributed by atoms with Crippen LogP contribution in [0.3, 0.4) is 0 Å². The van der Waals surface area contributed by atoms with Gasteiger partial charge in [0, 0.05) is 42.3 Å². The lowest BCUT2D eigenvalue weighted by atomic mass is 10.1. The second-order valence-electron chi connectivity index (χ2n) is 6.75. The van der Waals surface area contributed by atoms with Crippen molar-refractivity contribution in [3.8, 4) is 11.3 Å². The number of primary amides is 1. The number of ether oxygens (including phenoxy) is 1. The van der Waals surface area contributed by atoms with Gasteiger partial charge in [-0.3, -0.25) is 19.8 Å². The number of aromatic nitrogens is 2. The molecule has 1 saturated heterocycles. The Labute approximate surface area is 171 Å². The molecule has 8 nitrogen and oxygen atoms in total. The van der Waals surface area contributed by atoms with E-state index in [1.54, 1.807) is 18.3 Å². The lowest BCUT2D eigenvalue weighted by Crippen LogP contribution is -2.35. The van der Waals surface area contributed by atoms with E-state index in [9.17, 15) is 9.59 Å². The number of anilines is 1. The van der Waals surface area contributed by atoms with Crippen LogP contribution in [0.15, 0.2) is 41.9 Å². The van der Waals surface area contributed by atoms with Crippen molar-refractivity contribution in [1.29, 1.82) is 0 Å². The molecule has 4 rings (SSSR count). The van der Waals surface area contributed by atoms with Crippen LogP contribution < -0.4 is 11.1 Å². The maximum absolute atomic E-state index is 12.7. The molecule has 9 heteroatoms. The number of hydrogen-bond acceptors (Lipinski definition) is 6. The van der Waals surface area contributed by atoms with E-state index in [2.05, 4.69) is 20.2 Å². The molecule has 1 aliphatic rings. The minimum absolute atomic E-state index is 0.207. The zero-order chi connectivity index (χ0) is 20.2. The van der Waals surface area contributed by atoms with E-state index in [4.69, 9.17) is 10.5 Å². The zero-order valence-corrected chi connectivity index (χ0v) is 16.5. The maximum Gasteiger partial charge on any atom is 0.265 e. The van der Waals surface area contributed by atoms with Crippen molar-refractivity contribution in [2.45, 2.75) is 6.54 Å². The minimum Gasteiger partial charge on any atom is -0.379 e. The molecule has 2 amide bonds. The Kier molecular flexibility index (Phi) is 5.70. The van der Waals surface area contributed by atoms with Gasteiger partial charge in [-0.25, -0.2) is 4.98 Å². The van der Waals surface area contributed by atoms with Gasteiger partial charge in [0.05, 0.1) is 18.9 Å². The SMILES string of the molecule is NC(=O)c1cc(-c2csc(NC(=O)c3cccc(CN4CCOCC4)c3)n2)c[nH]1. The number of amides is 2. The van der Waals surface area contributed by atoms with E-state index >= 15 is 0 Å². The van der Waals surface area contributed by atoms with Crippen molar-refractivity contribution in [3.05, 3.63) is 58.7 Å². The molecule has 0 radical (unpaired) electrons. The summed E-state index contributed by atoms with van der Waals surface area (Å²) in [5.41, 5.74) is 8.65. The van der Waals surface area contributed by atoms with E-state index in [0.29, 0.717) is 22.1 Å². The van der Waals surface area contributed by atoms with Gasteiger partial charge >= 0.3 is 0 Å². The predicted octanol–water partition coefficient (Wildman–Crippen LogP) is 2.32. The van der Waals surface area contributed by atoms with E-state index < -0.39 is 5.91 Å². The highest BCUT2D eigenvalue weighted by Crippen LogP contribution is 2.26. The standard InChI is InChI=1S/C20H21N5O3S/c21-18(26)16-9-15(10-22-16)17-12-29-20(23-17)24-19(27)14-3-1-2-13(8-14)11-25-4-6-28-7-5-25/h1-3,8-10,12,22H,4-7,11H2,(H2,21,26)(H,23,24,27). The van der Waals surface area contributed by atoms with Gasteiger partial charge < -0.3 is 15.5 Å². The summed E-state index contributed by atoms with van der Waals surface area (Å²) in [6.45, 7) is 4.08. The number of rotatable bonds is 6. The van der Waals surface area contributed by atoms with Crippen molar-refractivity contribution < 1.29 is 14.3 Å². The fourth-order valence-electron chi connectivity index (χ4n) is 3.15. The summed E-state index contributed by atoms with van der Waals surface area (Å²) in [5, 5.41) is 5.15. The molecule has 3 heterocycles. The number of aromatic amines is 1. The first-order valence-electron chi connectivity index (χ1n) is 9.23. The smallest absolute Gasteiger partial charge is 0.265 e. The van der Waals surface area contributed by atoms with Crippen LogP contribution in [-0.2, 0) is 11.3 Å². The Morgan fingerprint density at radius 3 is 2.86 bits per heavy atom. The number of morpholine rings is 1. The third kappa shape index (κ3) is 4.70. The fraction of sp³-hybridized carbons (Fsp3) is 0.250. The second kappa shape index (κ2) is 8.56. The molecule has 1 fully saturated rings. The minimum atomic E-state index is -0.531. The highest BCUT2D eigenvalue weighted by molar-refractivity contribution is 7.14. The molecule has 0 unspecified atom stereocenters. The van der Waals surface area contributed by atoms with Crippen LogP contribution in [0, 0.1) is 0 Å². The van der Waals surface area contributed by atoms with Gasteiger partial charge in [0.1, 0.15) is 5.69 Å². The number of nitrogens with one attached hydrogen (secondary N) is 2. The Bertz CT molecular complexity index is 1020. The van der Waals surface area contributed by atoms with E-state index in [0.717, 1.165) is 44.0 Å². The van der Waals surface area contributed by atoms with Crippen molar-refractivity contribution in [1.82, 2.24) is 14.9 Å². The molecule has 4 N–H and O–H groups in total. The van der Waals surface area contributed by atoms with E-state index in [1.165, 1.54) is 11.3 Å². The van der Waals surface area contributed by atoms with Crippen LogP contribution in [0.25, 0.3) is 11.3 Å². The molecular weight excluding hydrogens is 390 g/mol. The van der Waals surface area contributed by atoms with Crippen LogP contribution in [0.1, 0.15) is 26.4 Å². The number of H-pyrrole nitrogens is 1. The summed E-state index contributed by atoms with van der Waals surface area (Å²) in [6, 6.07) is 9.25. The van der Waals surface area contributed by atoms with Crippen LogP contribution in [0.4, 0.5) is 5.13 Å². The normalized spacial score (nSPS) is 14.6. The second-order valence-corrected chi connectivity index (χ2v) is 7.61. The van der Waals surface area contributed by atoms with Crippen LogP contribution >= 0.6 is 11.3 Å². The average Bonchev–Trinajstić information content (AvgIpc) is 3.38. The summed E-state index contributed by atoms with van der Waals surface area (Å²) in [5.74, 6) is -0.737. The highest BCUT2D eigenvalue weighted by atomic mass is 32.1. The van der Waals surface area contributed by atoms with Gasteiger partial charge in [-0.2, -0.15) is 0 Å². The van der Waals surface area contributed by atoms with E-state index in [-0.39, 0.29) is 5.91 Å². The molecular formula is C20H21N5O3S. The fourth-order valence-corrected chi connectivity index (χ4v) is 3.86. The number of carbonyl (C=O) groups is 2. The number of nitrogens with two attached hydrogens (primary N) is 1. The first-order valence-corrected chi connectivity index (χ1v) is 10.1. The van der Waals surface area contributed by atoms with Crippen LogP contribution in [-0.4, -0.2) is 53.0 Å². The summed E-state index contributed by atoms with van der Waals surface area (Å²) < 4.78 is 5.38. The summed E-state index contributed by atoms with van der Waals surface area (Å²) in [4.78, 5) is 33.4. The monoisotopic (exact) mass is 411 g/mol. The predicted molar refractivity (Wildman–Crippen MR) is 111 cm³/mol. The highest BCUT2D eigenvalue weighted by Gasteiger charge is 2.14. The third-order valence-corrected chi connectivity index (χ3v) is 5.43. The number of carbonyl (C=O) groups excluding carboxylic acids is 2.